The van der Waals surface area contributed by atoms with Gasteiger partial charge in [0.25, 0.3) is 0 Å². The van der Waals surface area contributed by atoms with Crippen molar-refractivity contribution in [1.29, 1.82) is 0 Å². The number of benzene rings is 1. The van der Waals surface area contributed by atoms with E-state index in [0.717, 1.165) is 2.88 Å². The first-order valence-electron chi connectivity index (χ1n) is 4.63. The van der Waals surface area contributed by atoms with Gasteiger partial charge >= 0.3 is 0 Å². The van der Waals surface area contributed by atoms with Gasteiger partial charge in [-0.15, -0.1) is 11.3 Å². The molecule has 1 aromatic heterocycles. The maximum atomic E-state index is 13.1. The largest absolute Gasteiger partial charge is 0.289 e. The van der Waals surface area contributed by atoms with Crippen molar-refractivity contribution in [3.05, 3.63) is 55.0 Å². The first-order chi connectivity index (χ1) is 7.58. The Labute approximate surface area is 110 Å². The van der Waals surface area contributed by atoms with Crippen molar-refractivity contribution in [3.8, 4) is 0 Å². The highest BCUT2D eigenvalue weighted by atomic mass is 127. The van der Waals surface area contributed by atoms with Crippen LogP contribution in [0.25, 0.3) is 0 Å². The minimum absolute atomic E-state index is 0.0535. The van der Waals surface area contributed by atoms with E-state index >= 15 is 0 Å². The fourth-order valence-electron chi connectivity index (χ4n) is 1.38. The molecule has 0 atom stereocenters. The summed E-state index contributed by atoms with van der Waals surface area (Å²) in [4.78, 5) is 12.0. The Morgan fingerprint density at radius 2 is 2.06 bits per heavy atom. The van der Waals surface area contributed by atoms with Crippen LogP contribution in [0.1, 0.15) is 21.5 Å². The Balaban J connectivity index is 2.38. The molecule has 0 aliphatic carbocycles. The fraction of sp³-hybridized carbons (Fsp3) is 0.0833. The van der Waals surface area contributed by atoms with Crippen molar-refractivity contribution in [3.63, 3.8) is 0 Å². The quantitative estimate of drug-likeness (QED) is 0.593. The molecule has 0 bridgehead atoms. The smallest absolute Gasteiger partial charge is 0.193 e. The molecule has 0 saturated heterocycles. The highest BCUT2D eigenvalue weighted by Gasteiger charge is 2.11. The molecular weight excluding hydrogens is 338 g/mol. The van der Waals surface area contributed by atoms with Crippen LogP contribution in [0, 0.1) is 15.6 Å². The van der Waals surface area contributed by atoms with E-state index in [1.807, 2.05) is 11.4 Å². The van der Waals surface area contributed by atoms with Gasteiger partial charge in [-0.3, -0.25) is 4.79 Å². The molecule has 16 heavy (non-hydrogen) atoms. The van der Waals surface area contributed by atoms with E-state index in [-0.39, 0.29) is 11.6 Å². The lowest BCUT2D eigenvalue weighted by atomic mass is 10.0. The lowest BCUT2D eigenvalue weighted by molar-refractivity contribution is 0.103. The molecule has 4 heteroatoms. The van der Waals surface area contributed by atoms with Crippen LogP contribution < -0.4 is 0 Å². The van der Waals surface area contributed by atoms with Gasteiger partial charge in [0, 0.05) is 16.5 Å². The minimum atomic E-state index is -0.281. The van der Waals surface area contributed by atoms with E-state index in [0.29, 0.717) is 16.7 Å². The normalized spacial score (nSPS) is 10.4. The third kappa shape index (κ3) is 2.32. The summed E-state index contributed by atoms with van der Waals surface area (Å²) < 4.78 is 14.1. The molecule has 0 fully saturated rings. The van der Waals surface area contributed by atoms with Crippen LogP contribution in [0.5, 0.6) is 0 Å². The molecular formula is C12H8FIOS. The van der Waals surface area contributed by atoms with Crippen molar-refractivity contribution in [2.75, 3.05) is 0 Å². The Hall–Kier alpha value is -0.750. The highest BCUT2D eigenvalue weighted by Crippen LogP contribution is 2.20. The number of hydrogen-bond donors (Lipinski definition) is 0. The van der Waals surface area contributed by atoms with E-state index in [4.69, 9.17) is 0 Å². The zero-order valence-electron chi connectivity index (χ0n) is 8.46. The number of aryl methyl sites for hydroxylation is 1. The SMILES string of the molecule is Cc1cc(C(=O)c2csc(I)c2)ccc1F. The van der Waals surface area contributed by atoms with Crippen LogP contribution in [0.3, 0.4) is 0 Å². The van der Waals surface area contributed by atoms with Crippen LogP contribution in [0.4, 0.5) is 4.39 Å². The lowest BCUT2D eigenvalue weighted by Gasteiger charge is -2.01. The molecule has 1 heterocycles. The van der Waals surface area contributed by atoms with Gasteiger partial charge in [0.2, 0.25) is 0 Å². The second-order valence-corrected chi connectivity index (χ2v) is 6.24. The maximum Gasteiger partial charge on any atom is 0.193 e. The summed E-state index contributed by atoms with van der Waals surface area (Å²) in [7, 11) is 0. The van der Waals surface area contributed by atoms with Gasteiger partial charge in [-0.1, -0.05) is 0 Å². The van der Waals surface area contributed by atoms with Crippen molar-refractivity contribution in [2.45, 2.75) is 6.92 Å². The van der Waals surface area contributed by atoms with Crippen molar-refractivity contribution < 1.29 is 9.18 Å². The number of thiophene rings is 1. The second kappa shape index (κ2) is 4.63. The lowest BCUT2D eigenvalue weighted by Crippen LogP contribution is -2.00. The van der Waals surface area contributed by atoms with Gasteiger partial charge < -0.3 is 0 Å². The van der Waals surface area contributed by atoms with Gasteiger partial charge in [-0.25, -0.2) is 4.39 Å². The third-order valence-electron chi connectivity index (χ3n) is 2.25. The van der Waals surface area contributed by atoms with E-state index in [2.05, 4.69) is 22.6 Å². The summed E-state index contributed by atoms with van der Waals surface area (Å²) in [5.41, 5.74) is 1.70. The Bertz CT molecular complexity index is 548. The van der Waals surface area contributed by atoms with Crippen molar-refractivity contribution in [2.24, 2.45) is 0 Å². The first kappa shape index (κ1) is 11.7. The Morgan fingerprint density at radius 1 is 1.31 bits per heavy atom. The molecule has 0 aliphatic rings. The predicted molar refractivity (Wildman–Crippen MR) is 71.6 cm³/mol. The summed E-state index contributed by atoms with van der Waals surface area (Å²) in [5, 5.41) is 1.82. The summed E-state index contributed by atoms with van der Waals surface area (Å²) in [6, 6.07) is 6.28. The zero-order valence-corrected chi connectivity index (χ0v) is 11.4. The summed E-state index contributed by atoms with van der Waals surface area (Å²) in [6.07, 6.45) is 0. The molecule has 0 unspecified atom stereocenters. The molecule has 0 saturated carbocycles. The standard InChI is InChI=1S/C12H8FIOS/c1-7-4-8(2-3-10(7)13)12(15)9-5-11(14)16-6-9/h2-6H,1H3. The van der Waals surface area contributed by atoms with Crippen LogP contribution in [0.2, 0.25) is 0 Å². The number of carbonyl (C=O) groups is 1. The zero-order chi connectivity index (χ0) is 11.7. The minimum Gasteiger partial charge on any atom is -0.289 e. The average molecular weight is 346 g/mol. The topological polar surface area (TPSA) is 17.1 Å². The molecule has 0 spiro atoms. The van der Waals surface area contributed by atoms with E-state index in [9.17, 15) is 9.18 Å². The van der Waals surface area contributed by atoms with Gasteiger partial charge in [0.15, 0.2) is 5.78 Å². The Kier molecular flexibility index (Phi) is 3.39. The third-order valence-corrected chi connectivity index (χ3v) is 4.04. The second-order valence-electron chi connectivity index (χ2n) is 3.43. The number of hydrogen-bond acceptors (Lipinski definition) is 2. The van der Waals surface area contributed by atoms with Crippen molar-refractivity contribution in [1.82, 2.24) is 0 Å². The molecule has 1 aromatic carbocycles. The number of ketones is 1. The fourth-order valence-corrected chi connectivity index (χ4v) is 2.71. The molecule has 2 aromatic rings. The van der Waals surface area contributed by atoms with Gasteiger partial charge in [-0.05, 0) is 59.3 Å². The van der Waals surface area contributed by atoms with Gasteiger partial charge in [0.1, 0.15) is 5.82 Å². The van der Waals surface area contributed by atoms with E-state index in [1.54, 1.807) is 13.0 Å². The van der Waals surface area contributed by atoms with E-state index < -0.39 is 0 Å². The number of halogens is 2. The molecule has 82 valence electrons. The molecule has 0 aliphatic heterocycles. The molecule has 0 amide bonds. The number of rotatable bonds is 2. The first-order valence-corrected chi connectivity index (χ1v) is 6.58. The maximum absolute atomic E-state index is 13.1. The molecule has 0 N–H and O–H groups in total. The summed E-state index contributed by atoms with van der Waals surface area (Å²) >= 11 is 3.70. The summed E-state index contributed by atoms with van der Waals surface area (Å²) in [6.45, 7) is 1.66. The van der Waals surface area contributed by atoms with Gasteiger partial charge in [0.05, 0.1) is 2.88 Å². The van der Waals surface area contributed by atoms with Crippen LogP contribution in [0.15, 0.2) is 29.6 Å². The van der Waals surface area contributed by atoms with Gasteiger partial charge in [-0.2, -0.15) is 0 Å². The average Bonchev–Trinajstić information content (AvgIpc) is 2.68. The monoisotopic (exact) mass is 346 g/mol. The van der Waals surface area contributed by atoms with E-state index in [1.165, 1.54) is 23.5 Å². The number of carbonyl (C=O) groups excluding carboxylic acids is 1. The highest BCUT2D eigenvalue weighted by molar-refractivity contribution is 14.1. The van der Waals surface area contributed by atoms with Crippen molar-refractivity contribution >= 4 is 39.7 Å². The van der Waals surface area contributed by atoms with Crippen LogP contribution >= 0.6 is 33.9 Å². The summed E-state index contributed by atoms with van der Waals surface area (Å²) in [5.74, 6) is -0.335. The Morgan fingerprint density at radius 3 is 2.62 bits per heavy atom. The molecule has 0 radical (unpaired) electrons. The van der Waals surface area contributed by atoms with Crippen LogP contribution in [-0.2, 0) is 0 Å². The molecule has 1 nitrogen and oxygen atoms in total. The predicted octanol–water partition coefficient (Wildman–Crippen LogP) is 4.03. The molecule has 2 rings (SSSR count). The van der Waals surface area contributed by atoms with Crippen LogP contribution in [-0.4, -0.2) is 5.78 Å².